The van der Waals surface area contributed by atoms with Gasteiger partial charge in [0, 0.05) is 0 Å². The van der Waals surface area contributed by atoms with Crippen molar-refractivity contribution in [3.05, 3.63) is 11.6 Å². The minimum Gasteiger partial charge on any atom is -0.481 e. The number of amides is 1. The SMILES string of the molecule is NC(=O)C(=CCC(=O)O)C(F)(F)F. The van der Waals surface area contributed by atoms with E-state index in [0.29, 0.717) is 0 Å². The van der Waals surface area contributed by atoms with Gasteiger partial charge in [-0.2, -0.15) is 13.2 Å². The first-order valence-electron chi connectivity index (χ1n) is 3.04. The van der Waals surface area contributed by atoms with E-state index >= 15 is 0 Å². The zero-order valence-corrected chi connectivity index (χ0v) is 6.26. The summed E-state index contributed by atoms with van der Waals surface area (Å²) >= 11 is 0. The first kappa shape index (κ1) is 11.5. The molecule has 0 aromatic heterocycles. The van der Waals surface area contributed by atoms with Crippen molar-refractivity contribution in [3.8, 4) is 0 Å². The van der Waals surface area contributed by atoms with Crippen LogP contribution in [0.15, 0.2) is 11.6 Å². The van der Waals surface area contributed by atoms with Crippen molar-refractivity contribution in [3.63, 3.8) is 0 Å². The lowest BCUT2D eigenvalue weighted by molar-refractivity contribution is -0.136. The molecule has 0 rings (SSSR count). The molecule has 7 heteroatoms. The molecular formula is C6H6F3NO3. The molecule has 0 unspecified atom stereocenters. The molecule has 0 aromatic carbocycles. The number of aliphatic carboxylic acids is 1. The monoisotopic (exact) mass is 197 g/mol. The fourth-order valence-electron chi connectivity index (χ4n) is 0.545. The average molecular weight is 197 g/mol. The zero-order valence-electron chi connectivity index (χ0n) is 6.26. The Morgan fingerprint density at radius 1 is 1.38 bits per heavy atom. The second-order valence-electron chi connectivity index (χ2n) is 2.08. The molecule has 4 nitrogen and oxygen atoms in total. The smallest absolute Gasteiger partial charge is 0.421 e. The number of primary amides is 1. The van der Waals surface area contributed by atoms with Crippen LogP contribution >= 0.6 is 0 Å². The van der Waals surface area contributed by atoms with Gasteiger partial charge in [0.05, 0.1) is 6.42 Å². The van der Waals surface area contributed by atoms with Crippen molar-refractivity contribution in [1.29, 1.82) is 0 Å². The molecule has 0 radical (unpaired) electrons. The third kappa shape index (κ3) is 4.14. The van der Waals surface area contributed by atoms with Crippen molar-refractivity contribution < 1.29 is 27.9 Å². The Bertz CT molecular complexity index is 256. The van der Waals surface area contributed by atoms with Gasteiger partial charge in [-0.1, -0.05) is 6.08 Å². The summed E-state index contributed by atoms with van der Waals surface area (Å²) in [6, 6.07) is 0. The highest BCUT2D eigenvalue weighted by atomic mass is 19.4. The normalized spacial score (nSPS) is 12.7. The minimum atomic E-state index is -4.90. The largest absolute Gasteiger partial charge is 0.481 e. The lowest BCUT2D eigenvalue weighted by Crippen LogP contribution is -2.26. The third-order valence-electron chi connectivity index (χ3n) is 1.05. The summed E-state index contributed by atoms with van der Waals surface area (Å²) in [5.41, 5.74) is 2.75. The Hall–Kier alpha value is -1.53. The van der Waals surface area contributed by atoms with Gasteiger partial charge in [0.15, 0.2) is 0 Å². The summed E-state index contributed by atoms with van der Waals surface area (Å²) in [5, 5.41) is 8.05. The van der Waals surface area contributed by atoms with Gasteiger partial charge < -0.3 is 10.8 Å². The number of carbonyl (C=O) groups excluding carboxylic acids is 1. The van der Waals surface area contributed by atoms with E-state index in [0.717, 1.165) is 0 Å². The maximum atomic E-state index is 11.9. The first-order chi connectivity index (χ1) is 5.75. The lowest BCUT2D eigenvalue weighted by atomic mass is 10.2. The van der Waals surface area contributed by atoms with E-state index in [1.807, 2.05) is 0 Å². The molecule has 0 spiro atoms. The highest BCUT2D eigenvalue weighted by Gasteiger charge is 2.37. The zero-order chi connectivity index (χ0) is 10.6. The van der Waals surface area contributed by atoms with E-state index < -0.39 is 30.0 Å². The predicted octanol–water partition coefficient (Wildman–Crippen LogP) is 0.435. The molecular weight excluding hydrogens is 191 g/mol. The van der Waals surface area contributed by atoms with E-state index in [9.17, 15) is 22.8 Å². The van der Waals surface area contributed by atoms with Crippen LogP contribution in [0.3, 0.4) is 0 Å². The fourth-order valence-corrected chi connectivity index (χ4v) is 0.545. The number of hydrogen-bond acceptors (Lipinski definition) is 2. The molecule has 0 aliphatic rings. The second kappa shape index (κ2) is 3.92. The number of carboxylic acids is 1. The summed E-state index contributed by atoms with van der Waals surface area (Å²) in [7, 11) is 0. The third-order valence-corrected chi connectivity index (χ3v) is 1.05. The highest BCUT2D eigenvalue weighted by molar-refractivity contribution is 5.93. The topological polar surface area (TPSA) is 80.4 Å². The quantitative estimate of drug-likeness (QED) is 0.644. The first-order valence-corrected chi connectivity index (χ1v) is 3.04. The highest BCUT2D eigenvalue weighted by Crippen LogP contribution is 2.25. The number of nitrogens with two attached hydrogens (primary N) is 1. The van der Waals surface area contributed by atoms with Gasteiger partial charge in [-0.15, -0.1) is 0 Å². The minimum absolute atomic E-state index is 0.241. The molecule has 0 bridgehead atoms. The molecule has 0 aromatic rings. The average Bonchev–Trinajstić information content (AvgIpc) is 1.81. The Morgan fingerprint density at radius 2 is 1.85 bits per heavy atom. The van der Waals surface area contributed by atoms with Gasteiger partial charge in [-0.05, 0) is 0 Å². The van der Waals surface area contributed by atoms with E-state index in [4.69, 9.17) is 5.11 Å². The standard InChI is InChI=1S/C6H6F3NO3/c7-6(8,9)3(5(10)13)1-2-4(11)12/h1H,2H2,(H2,10,13)(H,11,12). The second-order valence-corrected chi connectivity index (χ2v) is 2.08. The van der Waals surface area contributed by atoms with Crippen molar-refractivity contribution in [1.82, 2.24) is 0 Å². The van der Waals surface area contributed by atoms with Crippen LogP contribution in [0.25, 0.3) is 0 Å². The van der Waals surface area contributed by atoms with Crippen LogP contribution in [0.5, 0.6) is 0 Å². The number of alkyl halides is 3. The maximum Gasteiger partial charge on any atom is 0.421 e. The molecule has 0 fully saturated rings. The van der Waals surface area contributed by atoms with Crippen molar-refractivity contribution >= 4 is 11.9 Å². The molecule has 0 saturated carbocycles. The van der Waals surface area contributed by atoms with Crippen LogP contribution in [0.4, 0.5) is 13.2 Å². The summed E-state index contributed by atoms with van der Waals surface area (Å²) < 4.78 is 35.6. The predicted molar refractivity (Wildman–Crippen MR) is 35.6 cm³/mol. The fraction of sp³-hybridized carbons (Fsp3) is 0.333. The molecule has 1 amide bonds. The lowest BCUT2D eigenvalue weighted by Gasteiger charge is -2.06. The van der Waals surface area contributed by atoms with Crippen LogP contribution in [0, 0.1) is 0 Å². The summed E-state index contributed by atoms with van der Waals surface area (Å²) in [6.45, 7) is 0. The van der Waals surface area contributed by atoms with Gasteiger partial charge in [-0.25, -0.2) is 0 Å². The molecule has 3 N–H and O–H groups in total. The number of carboxylic acid groups (broad SMARTS) is 1. The van der Waals surface area contributed by atoms with Crippen LogP contribution in [-0.2, 0) is 9.59 Å². The molecule has 0 aliphatic carbocycles. The molecule has 13 heavy (non-hydrogen) atoms. The summed E-state index contributed by atoms with van der Waals surface area (Å²) in [4.78, 5) is 20.1. The molecule has 74 valence electrons. The van der Waals surface area contributed by atoms with Crippen LogP contribution in [0.1, 0.15) is 6.42 Å². The molecule has 0 atom stereocenters. The Morgan fingerprint density at radius 3 is 2.08 bits per heavy atom. The van der Waals surface area contributed by atoms with E-state index in [1.54, 1.807) is 0 Å². The molecule has 0 saturated heterocycles. The summed E-state index contributed by atoms with van der Waals surface area (Å²) in [6.07, 6.45) is -5.55. The molecule has 0 aliphatic heterocycles. The van der Waals surface area contributed by atoms with E-state index in [1.165, 1.54) is 0 Å². The van der Waals surface area contributed by atoms with Crippen LogP contribution in [0.2, 0.25) is 0 Å². The maximum absolute atomic E-state index is 11.9. The number of halogens is 3. The van der Waals surface area contributed by atoms with Gasteiger partial charge in [0.25, 0.3) is 5.91 Å². The number of hydrogen-bond donors (Lipinski definition) is 2. The van der Waals surface area contributed by atoms with Crippen molar-refractivity contribution in [2.45, 2.75) is 12.6 Å². The Labute approximate surface area is 70.8 Å². The van der Waals surface area contributed by atoms with E-state index in [2.05, 4.69) is 5.73 Å². The molecule has 0 heterocycles. The van der Waals surface area contributed by atoms with Gasteiger partial charge in [0.1, 0.15) is 5.57 Å². The summed E-state index contributed by atoms with van der Waals surface area (Å²) in [5.74, 6) is -3.16. The Balaban J connectivity index is 4.72. The van der Waals surface area contributed by atoms with Gasteiger partial charge in [0.2, 0.25) is 0 Å². The van der Waals surface area contributed by atoms with E-state index in [-0.39, 0.29) is 6.08 Å². The Kier molecular flexibility index (Phi) is 3.46. The number of rotatable bonds is 3. The van der Waals surface area contributed by atoms with Crippen molar-refractivity contribution in [2.24, 2.45) is 5.73 Å². The van der Waals surface area contributed by atoms with Gasteiger partial charge >= 0.3 is 12.1 Å². The van der Waals surface area contributed by atoms with Crippen LogP contribution in [-0.4, -0.2) is 23.2 Å². The van der Waals surface area contributed by atoms with Crippen molar-refractivity contribution in [2.75, 3.05) is 0 Å². The van der Waals surface area contributed by atoms with Crippen LogP contribution < -0.4 is 5.73 Å². The van der Waals surface area contributed by atoms with Gasteiger partial charge in [-0.3, -0.25) is 9.59 Å². The number of carbonyl (C=O) groups is 2.